The molecule has 22 heavy (non-hydrogen) atoms. The van der Waals surface area contributed by atoms with E-state index in [0.29, 0.717) is 5.75 Å². The molecule has 0 spiro atoms. The molecule has 1 N–H and O–H groups in total. The minimum absolute atomic E-state index is 0.139. The van der Waals surface area contributed by atoms with Gasteiger partial charge in [-0.25, -0.2) is 9.07 Å². The minimum Gasteiger partial charge on any atom is -0.489 e. The molecule has 1 aromatic carbocycles. The second kappa shape index (κ2) is 6.84. The van der Waals surface area contributed by atoms with Crippen molar-refractivity contribution in [3.05, 3.63) is 58.3 Å². The first-order valence-electron chi connectivity index (χ1n) is 6.70. The molecule has 1 aromatic heterocycles. The molecule has 0 saturated carbocycles. The zero-order valence-corrected chi connectivity index (χ0v) is 12.2. The molecule has 1 unspecified atom stereocenters. The average molecular weight is 305 g/mol. The fourth-order valence-corrected chi connectivity index (χ4v) is 1.76. The number of rotatable bonds is 5. The van der Waals surface area contributed by atoms with E-state index in [0.717, 1.165) is 4.68 Å². The van der Waals surface area contributed by atoms with Crippen molar-refractivity contribution in [3.63, 3.8) is 0 Å². The molecule has 0 fully saturated rings. The van der Waals surface area contributed by atoms with Crippen molar-refractivity contribution in [2.45, 2.75) is 13.0 Å². The van der Waals surface area contributed by atoms with E-state index in [4.69, 9.17) is 4.74 Å². The summed E-state index contributed by atoms with van der Waals surface area (Å²) in [7, 11) is 1.47. The Labute approximate surface area is 126 Å². The van der Waals surface area contributed by atoms with Gasteiger partial charge in [-0.3, -0.25) is 9.59 Å². The number of aromatic nitrogens is 2. The fraction of sp³-hybridized carbons (Fsp3) is 0.267. The van der Waals surface area contributed by atoms with Gasteiger partial charge in [-0.05, 0) is 25.1 Å². The fourth-order valence-electron chi connectivity index (χ4n) is 1.76. The van der Waals surface area contributed by atoms with Gasteiger partial charge in [0, 0.05) is 19.2 Å². The lowest BCUT2D eigenvalue weighted by Crippen LogP contribution is -2.35. The Kier molecular flexibility index (Phi) is 4.88. The van der Waals surface area contributed by atoms with E-state index in [2.05, 4.69) is 10.4 Å². The summed E-state index contributed by atoms with van der Waals surface area (Å²) >= 11 is 0. The van der Waals surface area contributed by atoms with Crippen molar-refractivity contribution in [2.24, 2.45) is 7.05 Å². The number of benzene rings is 1. The molecule has 0 bridgehead atoms. The van der Waals surface area contributed by atoms with E-state index in [1.165, 1.54) is 31.3 Å². The van der Waals surface area contributed by atoms with E-state index in [9.17, 15) is 14.0 Å². The van der Waals surface area contributed by atoms with E-state index < -0.39 is 5.91 Å². The lowest BCUT2D eigenvalue weighted by molar-refractivity contribution is 0.0925. The SMILES string of the molecule is CC(CNC(=O)c1ccc(=O)n(C)n1)Oc1cccc(F)c1. The largest absolute Gasteiger partial charge is 0.489 e. The summed E-state index contributed by atoms with van der Waals surface area (Å²) in [6.07, 6.45) is -0.349. The number of ether oxygens (including phenoxy) is 1. The van der Waals surface area contributed by atoms with Crippen molar-refractivity contribution in [1.82, 2.24) is 15.1 Å². The highest BCUT2D eigenvalue weighted by molar-refractivity contribution is 5.91. The van der Waals surface area contributed by atoms with Crippen LogP contribution in [0.2, 0.25) is 0 Å². The molecule has 1 heterocycles. The number of hydrogen-bond acceptors (Lipinski definition) is 4. The third-order valence-corrected chi connectivity index (χ3v) is 2.88. The van der Waals surface area contributed by atoms with Gasteiger partial charge >= 0.3 is 0 Å². The number of hydrogen-bond donors (Lipinski definition) is 1. The number of nitrogens with zero attached hydrogens (tertiary/aromatic N) is 2. The van der Waals surface area contributed by atoms with E-state index in [-0.39, 0.29) is 29.7 Å². The smallest absolute Gasteiger partial charge is 0.271 e. The molecule has 0 radical (unpaired) electrons. The van der Waals surface area contributed by atoms with Gasteiger partial charge in [-0.15, -0.1) is 0 Å². The second-order valence-corrected chi connectivity index (χ2v) is 4.78. The van der Waals surface area contributed by atoms with E-state index in [1.54, 1.807) is 19.1 Å². The normalized spacial score (nSPS) is 11.8. The zero-order valence-electron chi connectivity index (χ0n) is 12.2. The maximum Gasteiger partial charge on any atom is 0.271 e. The van der Waals surface area contributed by atoms with Crippen molar-refractivity contribution in [1.29, 1.82) is 0 Å². The van der Waals surface area contributed by atoms with Crippen molar-refractivity contribution in [3.8, 4) is 5.75 Å². The third-order valence-electron chi connectivity index (χ3n) is 2.88. The molecule has 0 aliphatic rings. The lowest BCUT2D eigenvalue weighted by atomic mass is 10.3. The Morgan fingerprint density at radius 1 is 1.41 bits per heavy atom. The van der Waals surface area contributed by atoms with Gasteiger partial charge in [0.2, 0.25) is 0 Å². The van der Waals surface area contributed by atoms with Crippen LogP contribution >= 0.6 is 0 Å². The highest BCUT2D eigenvalue weighted by Crippen LogP contribution is 2.13. The van der Waals surface area contributed by atoms with Crippen LogP contribution in [0.3, 0.4) is 0 Å². The predicted molar refractivity (Wildman–Crippen MR) is 78.3 cm³/mol. The van der Waals surface area contributed by atoms with Gasteiger partial charge < -0.3 is 10.1 Å². The topological polar surface area (TPSA) is 73.2 Å². The molecule has 2 rings (SSSR count). The Morgan fingerprint density at radius 2 is 2.18 bits per heavy atom. The second-order valence-electron chi connectivity index (χ2n) is 4.78. The number of halogens is 1. The average Bonchev–Trinajstić information content (AvgIpc) is 2.47. The summed E-state index contributed by atoms with van der Waals surface area (Å²) in [4.78, 5) is 23.1. The molecule has 116 valence electrons. The van der Waals surface area contributed by atoms with Crippen LogP contribution in [0.1, 0.15) is 17.4 Å². The Morgan fingerprint density at radius 3 is 2.86 bits per heavy atom. The van der Waals surface area contributed by atoms with Crippen LogP contribution in [-0.4, -0.2) is 28.3 Å². The molecular formula is C15H16FN3O3. The molecule has 7 heteroatoms. The van der Waals surface area contributed by atoms with E-state index in [1.807, 2.05) is 0 Å². The predicted octanol–water partition coefficient (Wildman–Crippen LogP) is 1.12. The summed E-state index contributed by atoms with van der Waals surface area (Å²) in [5.41, 5.74) is -0.153. The third kappa shape index (κ3) is 4.15. The number of carbonyl (C=O) groups excluding carboxylic acids is 1. The zero-order chi connectivity index (χ0) is 16.1. The van der Waals surface area contributed by atoms with Crippen LogP contribution < -0.4 is 15.6 Å². The molecule has 1 amide bonds. The van der Waals surface area contributed by atoms with E-state index >= 15 is 0 Å². The van der Waals surface area contributed by atoms with Gasteiger partial charge in [0.25, 0.3) is 11.5 Å². The van der Waals surface area contributed by atoms with Crippen molar-refractivity contribution >= 4 is 5.91 Å². The standard InChI is InChI=1S/C15H16FN3O3/c1-10(22-12-5-3-4-11(16)8-12)9-17-15(21)13-6-7-14(20)19(2)18-13/h3-8,10H,9H2,1-2H3,(H,17,21). The van der Waals surface area contributed by atoms with Crippen LogP contribution in [0.4, 0.5) is 4.39 Å². The highest BCUT2D eigenvalue weighted by atomic mass is 19.1. The molecule has 0 saturated heterocycles. The number of nitrogens with one attached hydrogen (secondary N) is 1. The van der Waals surface area contributed by atoms with Crippen LogP contribution in [0.15, 0.2) is 41.2 Å². The first kappa shape index (κ1) is 15.7. The maximum absolute atomic E-state index is 13.0. The van der Waals surface area contributed by atoms with Gasteiger partial charge in [0.05, 0.1) is 6.54 Å². The van der Waals surface area contributed by atoms with Crippen LogP contribution in [0.5, 0.6) is 5.75 Å². The first-order valence-corrected chi connectivity index (χ1v) is 6.70. The Bertz CT molecular complexity index is 730. The molecule has 0 aliphatic heterocycles. The summed E-state index contributed by atoms with van der Waals surface area (Å²) < 4.78 is 19.6. The molecule has 0 aliphatic carbocycles. The highest BCUT2D eigenvalue weighted by Gasteiger charge is 2.11. The van der Waals surface area contributed by atoms with Gasteiger partial charge in [-0.2, -0.15) is 5.10 Å². The summed E-state index contributed by atoms with van der Waals surface area (Å²) in [5, 5.41) is 6.49. The van der Waals surface area contributed by atoms with Crippen LogP contribution in [0, 0.1) is 5.82 Å². The summed E-state index contributed by atoms with van der Waals surface area (Å²) in [5.74, 6) is -0.407. The molecule has 2 aromatic rings. The Hall–Kier alpha value is -2.70. The van der Waals surface area contributed by atoms with Crippen LogP contribution in [0.25, 0.3) is 0 Å². The number of carbonyl (C=O) groups is 1. The Balaban J connectivity index is 1.90. The quantitative estimate of drug-likeness (QED) is 0.898. The van der Waals surface area contributed by atoms with Gasteiger partial charge in [0.1, 0.15) is 23.4 Å². The summed E-state index contributed by atoms with van der Waals surface area (Å²) in [6.45, 7) is 1.97. The van der Waals surface area contributed by atoms with Crippen LogP contribution in [-0.2, 0) is 7.05 Å². The van der Waals surface area contributed by atoms with Crippen molar-refractivity contribution in [2.75, 3.05) is 6.54 Å². The molecule has 6 nitrogen and oxygen atoms in total. The van der Waals surface area contributed by atoms with Gasteiger partial charge in [-0.1, -0.05) is 6.07 Å². The first-order chi connectivity index (χ1) is 10.5. The monoisotopic (exact) mass is 305 g/mol. The maximum atomic E-state index is 13.0. The number of aryl methyl sites for hydroxylation is 1. The molecule has 1 atom stereocenters. The van der Waals surface area contributed by atoms with Gasteiger partial charge in [0.15, 0.2) is 0 Å². The minimum atomic E-state index is -0.412. The number of amides is 1. The van der Waals surface area contributed by atoms with Crippen molar-refractivity contribution < 1.29 is 13.9 Å². The summed E-state index contributed by atoms with van der Waals surface area (Å²) in [6, 6.07) is 8.40. The molecular weight excluding hydrogens is 289 g/mol. The lowest BCUT2D eigenvalue weighted by Gasteiger charge is -2.15.